The van der Waals surface area contributed by atoms with Crippen LogP contribution in [0.5, 0.6) is 0 Å². The fraction of sp³-hybridized carbons (Fsp3) is 0.500. The van der Waals surface area contributed by atoms with Gasteiger partial charge in [0.2, 0.25) is 15.9 Å². The van der Waals surface area contributed by atoms with Crippen molar-refractivity contribution in [3.05, 3.63) is 35.9 Å². The van der Waals surface area contributed by atoms with Crippen LogP contribution < -0.4 is 10.0 Å². The lowest BCUT2D eigenvalue weighted by Gasteiger charge is -2.07. The monoisotopic (exact) mass is 298 g/mol. The third kappa shape index (κ3) is 7.25. The van der Waals surface area contributed by atoms with Crippen LogP contribution in [0.15, 0.2) is 30.3 Å². The van der Waals surface area contributed by atoms with E-state index in [1.165, 1.54) is 0 Å². The van der Waals surface area contributed by atoms with E-state index in [1.54, 1.807) is 0 Å². The minimum Gasteiger partial charge on any atom is -0.355 e. The summed E-state index contributed by atoms with van der Waals surface area (Å²) in [4.78, 5) is 11.6. The Morgan fingerprint density at radius 3 is 2.50 bits per heavy atom. The zero-order valence-electron chi connectivity index (χ0n) is 11.8. The van der Waals surface area contributed by atoms with Gasteiger partial charge in [0, 0.05) is 13.1 Å². The second kappa shape index (κ2) is 8.71. The fourth-order valence-electron chi connectivity index (χ4n) is 1.66. The van der Waals surface area contributed by atoms with E-state index in [9.17, 15) is 13.2 Å². The first-order chi connectivity index (χ1) is 9.53. The molecule has 0 fully saturated rings. The van der Waals surface area contributed by atoms with Gasteiger partial charge in [0.05, 0.1) is 12.2 Å². The highest BCUT2D eigenvalue weighted by Crippen LogP contribution is 1.98. The fourth-order valence-corrected chi connectivity index (χ4v) is 2.88. The number of hydrogen-bond donors (Lipinski definition) is 2. The first-order valence-corrected chi connectivity index (χ1v) is 8.46. The van der Waals surface area contributed by atoms with Gasteiger partial charge in [-0.3, -0.25) is 4.79 Å². The molecule has 0 spiro atoms. The van der Waals surface area contributed by atoms with E-state index in [0.29, 0.717) is 19.4 Å². The van der Waals surface area contributed by atoms with Crippen LogP contribution in [0.1, 0.15) is 25.3 Å². The van der Waals surface area contributed by atoms with Gasteiger partial charge < -0.3 is 5.32 Å². The third-order valence-electron chi connectivity index (χ3n) is 2.74. The van der Waals surface area contributed by atoms with E-state index < -0.39 is 10.0 Å². The lowest BCUT2D eigenvalue weighted by molar-refractivity contribution is -0.120. The summed E-state index contributed by atoms with van der Waals surface area (Å²) >= 11 is 0. The largest absolute Gasteiger partial charge is 0.355 e. The van der Waals surface area contributed by atoms with Crippen molar-refractivity contribution in [1.29, 1.82) is 0 Å². The number of sulfonamides is 1. The lowest BCUT2D eigenvalue weighted by Crippen LogP contribution is -2.36. The van der Waals surface area contributed by atoms with Crippen LogP contribution in [-0.2, 0) is 21.2 Å². The Bertz CT molecular complexity index is 500. The van der Waals surface area contributed by atoms with Gasteiger partial charge in [-0.05, 0) is 12.0 Å². The maximum Gasteiger partial charge on any atom is 0.224 e. The minimum atomic E-state index is -3.20. The van der Waals surface area contributed by atoms with Crippen molar-refractivity contribution in [2.75, 3.05) is 18.8 Å². The molecule has 0 aliphatic heterocycles. The summed E-state index contributed by atoms with van der Waals surface area (Å²) < 4.78 is 25.5. The summed E-state index contributed by atoms with van der Waals surface area (Å²) in [5.41, 5.74) is 0.938. The van der Waals surface area contributed by atoms with Crippen molar-refractivity contribution in [1.82, 2.24) is 10.0 Å². The number of hydrogen-bond acceptors (Lipinski definition) is 3. The van der Waals surface area contributed by atoms with Gasteiger partial charge in [-0.15, -0.1) is 0 Å². The summed E-state index contributed by atoms with van der Waals surface area (Å²) in [6.45, 7) is 2.48. The summed E-state index contributed by atoms with van der Waals surface area (Å²) in [6, 6.07) is 9.42. The number of amides is 1. The lowest BCUT2D eigenvalue weighted by atomic mass is 10.1. The number of carbonyl (C=O) groups excluding carboxylic acids is 1. The quantitative estimate of drug-likeness (QED) is 0.670. The highest BCUT2D eigenvalue weighted by atomic mass is 32.2. The standard InChI is InChI=1S/C14H22N2O3S/c1-2-3-11-20(18,19)16-10-9-15-14(17)12-13-7-5-4-6-8-13/h4-8,16H,2-3,9-12H2,1H3,(H,15,17). The van der Waals surface area contributed by atoms with Crippen molar-refractivity contribution < 1.29 is 13.2 Å². The van der Waals surface area contributed by atoms with Crippen LogP contribution in [0.2, 0.25) is 0 Å². The zero-order chi connectivity index (χ0) is 14.8. The van der Waals surface area contributed by atoms with Crippen molar-refractivity contribution in [3.63, 3.8) is 0 Å². The maximum absolute atomic E-state index is 11.6. The van der Waals surface area contributed by atoms with Crippen molar-refractivity contribution >= 4 is 15.9 Å². The van der Waals surface area contributed by atoms with E-state index in [0.717, 1.165) is 12.0 Å². The molecule has 0 aromatic heterocycles. The van der Waals surface area contributed by atoms with Crippen molar-refractivity contribution in [3.8, 4) is 0 Å². The Hall–Kier alpha value is -1.40. The summed E-state index contributed by atoms with van der Waals surface area (Å²) in [7, 11) is -3.20. The Kier molecular flexibility index (Phi) is 7.25. The molecule has 0 bridgehead atoms. The van der Waals surface area contributed by atoms with Gasteiger partial charge in [0.1, 0.15) is 0 Å². The predicted molar refractivity (Wildman–Crippen MR) is 79.9 cm³/mol. The molecule has 1 aromatic rings. The number of carbonyl (C=O) groups is 1. The molecule has 0 aliphatic rings. The van der Waals surface area contributed by atoms with Crippen LogP contribution in [0.4, 0.5) is 0 Å². The van der Waals surface area contributed by atoms with Gasteiger partial charge in [-0.25, -0.2) is 13.1 Å². The van der Waals surface area contributed by atoms with E-state index in [1.807, 2.05) is 37.3 Å². The third-order valence-corrected chi connectivity index (χ3v) is 4.21. The highest BCUT2D eigenvalue weighted by Gasteiger charge is 2.08. The first-order valence-electron chi connectivity index (χ1n) is 6.81. The zero-order valence-corrected chi connectivity index (χ0v) is 12.6. The molecule has 0 saturated carbocycles. The van der Waals surface area contributed by atoms with Crippen LogP contribution in [-0.4, -0.2) is 33.2 Å². The molecule has 2 N–H and O–H groups in total. The molecule has 1 amide bonds. The second-order valence-corrected chi connectivity index (χ2v) is 6.51. The molecule has 0 radical (unpaired) electrons. The Labute approximate surface area is 120 Å². The molecular weight excluding hydrogens is 276 g/mol. The van der Waals surface area contributed by atoms with Gasteiger partial charge >= 0.3 is 0 Å². The number of unbranched alkanes of at least 4 members (excludes halogenated alkanes) is 1. The molecule has 1 rings (SSSR count). The van der Waals surface area contributed by atoms with Crippen molar-refractivity contribution in [2.45, 2.75) is 26.2 Å². The molecular formula is C14H22N2O3S. The van der Waals surface area contributed by atoms with Gasteiger partial charge in [-0.2, -0.15) is 0 Å². The first kappa shape index (κ1) is 16.7. The molecule has 112 valence electrons. The summed E-state index contributed by atoms with van der Waals surface area (Å²) in [5.74, 6) is 0.0329. The molecule has 0 saturated heterocycles. The van der Waals surface area contributed by atoms with Crippen LogP contribution in [0.3, 0.4) is 0 Å². The number of rotatable bonds is 9. The topological polar surface area (TPSA) is 75.3 Å². The summed E-state index contributed by atoms with van der Waals surface area (Å²) in [5, 5.41) is 2.69. The van der Waals surface area contributed by atoms with E-state index >= 15 is 0 Å². The molecule has 20 heavy (non-hydrogen) atoms. The highest BCUT2D eigenvalue weighted by molar-refractivity contribution is 7.89. The van der Waals surface area contributed by atoms with Crippen LogP contribution >= 0.6 is 0 Å². The van der Waals surface area contributed by atoms with Crippen molar-refractivity contribution in [2.24, 2.45) is 0 Å². The SMILES string of the molecule is CCCCS(=O)(=O)NCCNC(=O)Cc1ccccc1. The van der Waals surface area contributed by atoms with E-state index in [4.69, 9.17) is 0 Å². The normalized spacial score (nSPS) is 11.2. The van der Waals surface area contributed by atoms with Crippen LogP contribution in [0.25, 0.3) is 0 Å². The minimum absolute atomic E-state index is 0.107. The Morgan fingerprint density at radius 2 is 1.85 bits per heavy atom. The predicted octanol–water partition coefficient (Wildman–Crippen LogP) is 1.06. The van der Waals surface area contributed by atoms with Crippen LogP contribution in [0, 0.1) is 0 Å². The number of benzene rings is 1. The molecule has 6 heteroatoms. The van der Waals surface area contributed by atoms with Gasteiger partial charge in [0.15, 0.2) is 0 Å². The Morgan fingerprint density at radius 1 is 1.15 bits per heavy atom. The molecule has 0 unspecified atom stereocenters. The van der Waals surface area contributed by atoms with Gasteiger partial charge in [-0.1, -0.05) is 43.7 Å². The average Bonchev–Trinajstić information content (AvgIpc) is 2.43. The number of nitrogens with one attached hydrogen (secondary N) is 2. The smallest absolute Gasteiger partial charge is 0.224 e. The van der Waals surface area contributed by atoms with E-state index in [-0.39, 0.29) is 18.2 Å². The molecule has 0 atom stereocenters. The average molecular weight is 298 g/mol. The molecule has 5 nitrogen and oxygen atoms in total. The second-order valence-electron chi connectivity index (χ2n) is 4.58. The summed E-state index contributed by atoms with van der Waals surface area (Å²) in [6.07, 6.45) is 1.80. The Balaban J connectivity index is 2.19. The molecule has 1 aromatic carbocycles. The maximum atomic E-state index is 11.6. The van der Waals surface area contributed by atoms with E-state index in [2.05, 4.69) is 10.0 Å². The van der Waals surface area contributed by atoms with Gasteiger partial charge in [0.25, 0.3) is 0 Å². The molecule has 0 aliphatic carbocycles. The molecule has 0 heterocycles.